The highest BCUT2D eigenvalue weighted by Gasteiger charge is 2.70. The fraction of sp³-hybridized carbons (Fsp3) is 0.938. The summed E-state index contributed by atoms with van der Waals surface area (Å²) in [6.07, 6.45) is 15.1. The minimum Gasteiger partial charge on any atom is -0.393 e. The van der Waals surface area contributed by atoms with E-state index in [2.05, 4.69) is 55.0 Å². The highest BCUT2D eigenvalue weighted by atomic mass is 16.3. The molecule has 0 aromatic rings. The van der Waals surface area contributed by atoms with Gasteiger partial charge in [-0.05, 0) is 134 Å². The summed E-state index contributed by atoms with van der Waals surface area (Å²) in [5, 5.41) is 22.6. The van der Waals surface area contributed by atoms with Crippen LogP contribution in [0.15, 0.2) is 12.7 Å². The summed E-state index contributed by atoms with van der Waals surface area (Å²) in [6, 6.07) is 0. The van der Waals surface area contributed by atoms with Gasteiger partial charge in [-0.15, -0.1) is 6.58 Å². The van der Waals surface area contributed by atoms with Crippen molar-refractivity contribution < 1.29 is 10.2 Å². The van der Waals surface area contributed by atoms with E-state index in [0.717, 1.165) is 18.3 Å². The molecule has 0 bridgehead atoms. The first-order valence-electron chi connectivity index (χ1n) is 14.7. The van der Waals surface area contributed by atoms with E-state index < -0.39 is 5.60 Å². The van der Waals surface area contributed by atoms with Crippen LogP contribution >= 0.6 is 0 Å². The van der Waals surface area contributed by atoms with Crippen LogP contribution in [0, 0.1) is 56.7 Å². The van der Waals surface area contributed by atoms with E-state index >= 15 is 0 Å². The average Bonchev–Trinajstić information content (AvgIpc) is 3.10. The first kappa shape index (κ1) is 25.3. The molecule has 194 valence electrons. The Morgan fingerprint density at radius 3 is 2.21 bits per heavy atom. The van der Waals surface area contributed by atoms with Crippen LogP contribution in [-0.2, 0) is 0 Å². The third-order valence-corrected chi connectivity index (χ3v) is 14.2. The molecule has 0 amide bonds. The molecule has 2 N–H and O–H groups in total. The number of fused-ring (bicyclic) bond motifs is 7. The van der Waals surface area contributed by atoms with Crippen LogP contribution in [0.5, 0.6) is 0 Å². The Balaban J connectivity index is 1.53. The molecule has 5 fully saturated rings. The zero-order valence-corrected chi connectivity index (χ0v) is 23.4. The molecular formula is C32H54O2. The number of aliphatic hydroxyl groups excluding tert-OH is 1. The predicted molar refractivity (Wildman–Crippen MR) is 141 cm³/mol. The minimum atomic E-state index is -0.632. The molecule has 0 radical (unpaired) electrons. The van der Waals surface area contributed by atoms with Gasteiger partial charge in [0.1, 0.15) is 0 Å². The quantitative estimate of drug-likeness (QED) is 0.413. The van der Waals surface area contributed by atoms with E-state index in [1.54, 1.807) is 0 Å². The molecule has 0 heterocycles. The second-order valence-electron chi connectivity index (χ2n) is 15.7. The molecular weight excluding hydrogens is 416 g/mol. The topological polar surface area (TPSA) is 40.5 Å². The lowest BCUT2D eigenvalue weighted by atomic mass is 9.32. The fourth-order valence-electron chi connectivity index (χ4n) is 12.1. The van der Waals surface area contributed by atoms with Crippen molar-refractivity contribution in [2.24, 2.45) is 56.7 Å². The second kappa shape index (κ2) is 7.59. The molecule has 0 aliphatic heterocycles. The van der Waals surface area contributed by atoms with Crippen LogP contribution in [-0.4, -0.2) is 21.9 Å². The maximum absolute atomic E-state index is 11.6. The van der Waals surface area contributed by atoms with Gasteiger partial charge in [-0.2, -0.15) is 0 Å². The van der Waals surface area contributed by atoms with Crippen LogP contribution in [0.1, 0.15) is 119 Å². The fourth-order valence-corrected chi connectivity index (χ4v) is 12.1. The third kappa shape index (κ3) is 3.06. The zero-order valence-electron chi connectivity index (χ0n) is 23.4. The molecule has 5 aliphatic rings. The first-order valence-corrected chi connectivity index (χ1v) is 14.7. The van der Waals surface area contributed by atoms with Crippen molar-refractivity contribution in [2.45, 2.75) is 131 Å². The molecule has 5 aliphatic carbocycles. The van der Waals surface area contributed by atoms with Crippen LogP contribution in [0.3, 0.4) is 0 Å². The Bertz CT molecular complexity index is 829. The van der Waals surface area contributed by atoms with E-state index in [4.69, 9.17) is 0 Å². The number of hydrogen-bond acceptors (Lipinski definition) is 2. The molecule has 5 saturated carbocycles. The van der Waals surface area contributed by atoms with Crippen LogP contribution in [0.4, 0.5) is 0 Å². The normalized spacial score (nSPS) is 55.8. The highest BCUT2D eigenvalue weighted by Crippen LogP contribution is 2.77. The highest BCUT2D eigenvalue weighted by molar-refractivity contribution is 5.19. The summed E-state index contributed by atoms with van der Waals surface area (Å²) in [7, 11) is 0. The average molecular weight is 471 g/mol. The molecule has 11 atom stereocenters. The first-order chi connectivity index (χ1) is 15.7. The third-order valence-electron chi connectivity index (χ3n) is 14.2. The molecule has 0 spiro atoms. The van der Waals surface area contributed by atoms with E-state index in [9.17, 15) is 10.2 Å². The van der Waals surface area contributed by atoms with Gasteiger partial charge in [0.05, 0.1) is 11.7 Å². The van der Waals surface area contributed by atoms with Gasteiger partial charge in [0.2, 0.25) is 0 Å². The van der Waals surface area contributed by atoms with Crippen LogP contribution < -0.4 is 0 Å². The molecule has 5 unspecified atom stereocenters. The van der Waals surface area contributed by atoms with Crippen molar-refractivity contribution in [1.29, 1.82) is 0 Å². The Morgan fingerprint density at radius 2 is 1.53 bits per heavy atom. The summed E-state index contributed by atoms with van der Waals surface area (Å²) in [5.74, 6) is 3.14. The van der Waals surface area contributed by atoms with E-state index in [0.29, 0.717) is 45.8 Å². The predicted octanol–water partition coefficient (Wildman–Crippen LogP) is 7.78. The summed E-state index contributed by atoms with van der Waals surface area (Å²) in [6.45, 7) is 21.4. The monoisotopic (exact) mass is 470 g/mol. The van der Waals surface area contributed by atoms with Gasteiger partial charge in [0.25, 0.3) is 0 Å². The Kier molecular flexibility index (Phi) is 5.65. The standard InChI is InChI=1S/C32H54O2/c1-9-15-32(8,34)22-12-16-28(4)19-20-30(6)21(26(22)28)10-11-24-29(5)17-14-25(33)27(2,3)23(29)13-18-31(24,30)7/h9,21-26,33-34H,1,10-20H2,2-8H3/t21?,22-,23?,24?,25+,26?,28-,29+,30-,31-,32?/m1/s1. The van der Waals surface area contributed by atoms with Gasteiger partial charge in [-0.3, -0.25) is 0 Å². The molecule has 0 aromatic carbocycles. The number of aliphatic hydroxyl groups is 2. The van der Waals surface area contributed by atoms with E-state index in [1.165, 1.54) is 57.8 Å². The smallest absolute Gasteiger partial charge is 0.0684 e. The van der Waals surface area contributed by atoms with Crippen molar-refractivity contribution in [3.8, 4) is 0 Å². The van der Waals surface area contributed by atoms with Crippen molar-refractivity contribution in [1.82, 2.24) is 0 Å². The Hall–Kier alpha value is -0.340. The Morgan fingerprint density at radius 1 is 0.824 bits per heavy atom. The molecule has 0 aromatic heterocycles. The van der Waals surface area contributed by atoms with Gasteiger partial charge >= 0.3 is 0 Å². The van der Waals surface area contributed by atoms with Crippen molar-refractivity contribution >= 4 is 0 Å². The molecule has 5 rings (SSSR count). The van der Waals surface area contributed by atoms with E-state index in [1.807, 2.05) is 6.08 Å². The maximum Gasteiger partial charge on any atom is 0.0684 e. The lowest BCUT2D eigenvalue weighted by Crippen LogP contribution is -2.66. The van der Waals surface area contributed by atoms with Gasteiger partial charge in [0.15, 0.2) is 0 Å². The van der Waals surface area contributed by atoms with Crippen molar-refractivity contribution in [2.75, 3.05) is 0 Å². The molecule has 0 saturated heterocycles. The largest absolute Gasteiger partial charge is 0.393 e. The lowest BCUT2D eigenvalue weighted by Gasteiger charge is -2.73. The van der Waals surface area contributed by atoms with Crippen molar-refractivity contribution in [3.05, 3.63) is 12.7 Å². The molecule has 34 heavy (non-hydrogen) atoms. The summed E-state index contributed by atoms with van der Waals surface area (Å²) < 4.78 is 0. The number of hydrogen-bond donors (Lipinski definition) is 2. The summed E-state index contributed by atoms with van der Waals surface area (Å²) >= 11 is 0. The zero-order chi connectivity index (χ0) is 24.9. The van der Waals surface area contributed by atoms with Gasteiger partial charge in [-0.1, -0.05) is 47.6 Å². The van der Waals surface area contributed by atoms with Gasteiger partial charge in [0, 0.05) is 0 Å². The SMILES string of the molecule is C=CCC(C)(O)[C@@H]1CC[C@]2(C)CC[C@]3(C)C(CCC4[C@@]5(C)CC[C@H](O)C(C)(C)C5CC[C@]43C)C12. The second-order valence-corrected chi connectivity index (χ2v) is 15.7. The van der Waals surface area contributed by atoms with Gasteiger partial charge in [-0.25, -0.2) is 0 Å². The van der Waals surface area contributed by atoms with Crippen LogP contribution in [0.25, 0.3) is 0 Å². The van der Waals surface area contributed by atoms with Crippen LogP contribution in [0.2, 0.25) is 0 Å². The summed E-state index contributed by atoms with van der Waals surface area (Å²) in [5.41, 5.74) is 0.832. The minimum absolute atomic E-state index is 0.0250. The molecule has 2 heteroatoms. The summed E-state index contributed by atoms with van der Waals surface area (Å²) in [4.78, 5) is 0. The maximum atomic E-state index is 11.6. The van der Waals surface area contributed by atoms with Crippen molar-refractivity contribution in [3.63, 3.8) is 0 Å². The Labute approximate surface area is 210 Å². The van der Waals surface area contributed by atoms with Gasteiger partial charge < -0.3 is 10.2 Å². The lowest BCUT2D eigenvalue weighted by molar-refractivity contribution is -0.250. The van der Waals surface area contributed by atoms with E-state index in [-0.39, 0.29) is 11.5 Å². The number of rotatable bonds is 3. The molecule has 2 nitrogen and oxygen atoms in total.